The average molecular weight is 484 g/mol. The lowest BCUT2D eigenvalue weighted by atomic mass is 10.1. The number of H-pyrrole nitrogens is 1. The van der Waals surface area contributed by atoms with Crippen LogP contribution in [0.5, 0.6) is 5.75 Å². The molecule has 0 bridgehead atoms. The van der Waals surface area contributed by atoms with Gasteiger partial charge in [0.1, 0.15) is 11.8 Å². The Morgan fingerprint density at radius 2 is 1.85 bits per heavy atom. The van der Waals surface area contributed by atoms with Crippen LogP contribution in [0.3, 0.4) is 0 Å². The number of carbonyl (C=O) groups excluding carboxylic acids is 2. The maximum atomic E-state index is 12.6. The van der Waals surface area contributed by atoms with Gasteiger partial charge < -0.3 is 25.5 Å². The van der Waals surface area contributed by atoms with Crippen molar-refractivity contribution in [3.8, 4) is 5.75 Å². The standard InChI is InChI=1S/C23H21N3O7S/c1-33-22(28)20(10-14-12-24-19-5-3-2-4-17(14)19)26-23(29)25-15-6-7-18-13(8-15)9-16(11-21(18)27)34(30,31)32/h2-9,11-12,20,24,27H,10H2,1H3,(H2,25,26,29)(H,30,31,32). The summed E-state index contributed by atoms with van der Waals surface area (Å²) in [4.78, 5) is 27.6. The van der Waals surface area contributed by atoms with Crippen LogP contribution < -0.4 is 10.6 Å². The highest BCUT2D eigenvalue weighted by Crippen LogP contribution is 2.30. The molecule has 11 heteroatoms. The van der Waals surface area contributed by atoms with E-state index in [0.29, 0.717) is 5.39 Å². The Kier molecular flexibility index (Phi) is 6.14. The quantitative estimate of drug-likeness (QED) is 0.208. The molecule has 0 radical (unpaired) electrons. The Morgan fingerprint density at radius 3 is 2.59 bits per heavy atom. The number of phenolic OH excluding ortho intramolecular Hbond substituents is 1. The van der Waals surface area contributed by atoms with Crippen molar-refractivity contribution in [3.05, 3.63) is 66.4 Å². The molecule has 4 rings (SSSR count). The first kappa shape index (κ1) is 23.1. The summed E-state index contributed by atoms with van der Waals surface area (Å²) in [6, 6.07) is 12.4. The molecule has 0 saturated carbocycles. The smallest absolute Gasteiger partial charge is 0.328 e. The number of fused-ring (bicyclic) bond motifs is 2. The average Bonchev–Trinajstić information content (AvgIpc) is 3.20. The molecule has 0 aliphatic carbocycles. The second kappa shape index (κ2) is 9.04. The van der Waals surface area contributed by atoms with Crippen molar-refractivity contribution < 1.29 is 32.4 Å². The highest BCUT2D eigenvalue weighted by atomic mass is 32.2. The molecule has 176 valence electrons. The monoisotopic (exact) mass is 483 g/mol. The van der Waals surface area contributed by atoms with Gasteiger partial charge in [-0.05, 0) is 41.3 Å². The summed E-state index contributed by atoms with van der Waals surface area (Å²) in [5.41, 5.74) is 1.99. The number of aromatic amines is 1. The number of phenols is 1. The number of rotatable bonds is 6. The van der Waals surface area contributed by atoms with Gasteiger partial charge in [0.25, 0.3) is 10.1 Å². The van der Waals surface area contributed by atoms with E-state index in [0.717, 1.165) is 22.5 Å². The molecule has 2 amide bonds. The number of aromatic nitrogens is 1. The van der Waals surface area contributed by atoms with Crippen LogP contribution in [0.25, 0.3) is 21.7 Å². The molecule has 1 aromatic heterocycles. The maximum absolute atomic E-state index is 12.6. The summed E-state index contributed by atoms with van der Waals surface area (Å²) in [7, 11) is -3.31. The second-order valence-corrected chi connectivity index (χ2v) is 9.01. The maximum Gasteiger partial charge on any atom is 0.328 e. The number of carbonyl (C=O) groups is 2. The van der Waals surface area contributed by atoms with Gasteiger partial charge in [-0.25, -0.2) is 9.59 Å². The summed E-state index contributed by atoms with van der Waals surface area (Å²) in [5.74, 6) is -0.965. The van der Waals surface area contributed by atoms with Crippen molar-refractivity contribution >= 4 is 49.5 Å². The number of anilines is 1. The lowest BCUT2D eigenvalue weighted by Gasteiger charge is -2.17. The van der Waals surface area contributed by atoms with E-state index in [4.69, 9.17) is 4.74 Å². The minimum atomic E-state index is -4.54. The Balaban J connectivity index is 1.55. The van der Waals surface area contributed by atoms with Gasteiger partial charge in [0.15, 0.2) is 0 Å². The van der Waals surface area contributed by atoms with E-state index in [1.165, 1.54) is 31.4 Å². The van der Waals surface area contributed by atoms with Crippen molar-refractivity contribution in [2.24, 2.45) is 0 Å². The number of amides is 2. The summed E-state index contributed by atoms with van der Waals surface area (Å²) in [6.07, 6.45) is 1.95. The third-order valence-electron chi connectivity index (χ3n) is 5.35. The molecule has 10 nitrogen and oxygen atoms in total. The van der Waals surface area contributed by atoms with Gasteiger partial charge >= 0.3 is 12.0 Å². The molecule has 1 unspecified atom stereocenters. The highest BCUT2D eigenvalue weighted by Gasteiger charge is 2.23. The van der Waals surface area contributed by atoms with E-state index < -0.39 is 33.1 Å². The molecule has 1 heterocycles. The molecule has 0 aliphatic heterocycles. The number of para-hydroxylation sites is 1. The molecule has 0 fully saturated rings. The largest absolute Gasteiger partial charge is 0.507 e. The lowest BCUT2D eigenvalue weighted by molar-refractivity contribution is -0.142. The van der Waals surface area contributed by atoms with Crippen LogP contribution in [0.2, 0.25) is 0 Å². The van der Waals surface area contributed by atoms with Gasteiger partial charge in [0.2, 0.25) is 0 Å². The van der Waals surface area contributed by atoms with E-state index >= 15 is 0 Å². The van der Waals surface area contributed by atoms with Crippen LogP contribution in [-0.4, -0.2) is 48.2 Å². The van der Waals surface area contributed by atoms with Gasteiger partial charge in [-0.2, -0.15) is 8.42 Å². The number of esters is 1. The molecular formula is C23H21N3O7S. The minimum Gasteiger partial charge on any atom is -0.507 e. The summed E-state index contributed by atoms with van der Waals surface area (Å²) in [6.45, 7) is 0. The van der Waals surface area contributed by atoms with Gasteiger partial charge in [-0.1, -0.05) is 18.2 Å². The zero-order valence-corrected chi connectivity index (χ0v) is 18.7. The first-order valence-electron chi connectivity index (χ1n) is 10.1. The van der Waals surface area contributed by atoms with Crippen molar-refractivity contribution in [1.82, 2.24) is 10.3 Å². The Morgan fingerprint density at radius 1 is 1.09 bits per heavy atom. The van der Waals surface area contributed by atoms with Gasteiger partial charge in [-0.3, -0.25) is 4.55 Å². The zero-order chi connectivity index (χ0) is 24.5. The zero-order valence-electron chi connectivity index (χ0n) is 17.9. The lowest BCUT2D eigenvalue weighted by Crippen LogP contribution is -2.45. The van der Waals surface area contributed by atoms with Crippen molar-refractivity contribution in [2.75, 3.05) is 12.4 Å². The van der Waals surface area contributed by atoms with Gasteiger partial charge in [-0.15, -0.1) is 0 Å². The number of methoxy groups -OCH3 is 1. The number of ether oxygens (including phenoxy) is 1. The number of urea groups is 1. The summed E-state index contributed by atoms with van der Waals surface area (Å²) in [5, 5.41) is 16.7. The van der Waals surface area contributed by atoms with Crippen molar-refractivity contribution in [2.45, 2.75) is 17.4 Å². The SMILES string of the molecule is COC(=O)C(Cc1c[nH]c2ccccc12)NC(=O)Nc1ccc2c(O)cc(S(=O)(=O)O)cc2c1. The summed E-state index contributed by atoms with van der Waals surface area (Å²) >= 11 is 0. The molecule has 0 aliphatic rings. The Hall–Kier alpha value is -4.09. The summed E-state index contributed by atoms with van der Waals surface area (Å²) < 4.78 is 37.0. The fourth-order valence-corrected chi connectivity index (χ4v) is 4.27. The number of benzene rings is 3. The molecular weight excluding hydrogens is 462 g/mol. The first-order chi connectivity index (χ1) is 16.2. The molecule has 0 spiro atoms. The minimum absolute atomic E-state index is 0.188. The first-order valence-corrected chi connectivity index (χ1v) is 11.5. The topological polar surface area (TPSA) is 158 Å². The van der Waals surface area contributed by atoms with E-state index in [9.17, 15) is 27.7 Å². The normalized spacial score (nSPS) is 12.4. The van der Waals surface area contributed by atoms with Crippen LogP contribution >= 0.6 is 0 Å². The van der Waals surface area contributed by atoms with Crippen LogP contribution in [0.4, 0.5) is 10.5 Å². The van der Waals surface area contributed by atoms with E-state index in [1.54, 1.807) is 6.20 Å². The Labute approximate surface area is 194 Å². The third-order valence-corrected chi connectivity index (χ3v) is 6.18. The molecule has 1 atom stereocenters. The molecule has 3 aromatic carbocycles. The van der Waals surface area contributed by atoms with E-state index in [1.807, 2.05) is 24.3 Å². The molecule has 4 aromatic rings. The van der Waals surface area contributed by atoms with Crippen LogP contribution in [0.15, 0.2) is 65.7 Å². The molecule has 0 saturated heterocycles. The predicted octanol–water partition coefficient (Wildman–Crippen LogP) is 3.18. The van der Waals surface area contributed by atoms with Crippen molar-refractivity contribution in [1.29, 1.82) is 0 Å². The fraction of sp³-hybridized carbons (Fsp3) is 0.130. The molecule has 34 heavy (non-hydrogen) atoms. The predicted molar refractivity (Wildman–Crippen MR) is 125 cm³/mol. The van der Waals surface area contributed by atoms with Crippen LogP contribution in [-0.2, 0) is 26.1 Å². The van der Waals surface area contributed by atoms with Crippen LogP contribution in [0.1, 0.15) is 5.56 Å². The highest BCUT2D eigenvalue weighted by molar-refractivity contribution is 7.85. The fourth-order valence-electron chi connectivity index (χ4n) is 3.73. The van der Waals surface area contributed by atoms with Gasteiger partial charge in [0, 0.05) is 40.7 Å². The van der Waals surface area contributed by atoms with Gasteiger partial charge in [0.05, 0.1) is 12.0 Å². The molecule has 5 N–H and O–H groups in total. The Bertz CT molecular complexity index is 1510. The third kappa shape index (κ3) is 4.80. The number of hydrogen-bond acceptors (Lipinski definition) is 6. The second-order valence-electron chi connectivity index (χ2n) is 7.59. The van der Waals surface area contributed by atoms with Crippen molar-refractivity contribution in [3.63, 3.8) is 0 Å². The van der Waals surface area contributed by atoms with Crippen LogP contribution in [0, 0.1) is 0 Å². The number of aromatic hydroxyl groups is 1. The number of hydrogen-bond donors (Lipinski definition) is 5. The van der Waals surface area contributed by atoms with E-state index in [-0.39, 0.29) is 23.2 Å². The van der Waals surface area contributed by atoms with E-state index in [2.05, 4.69) is 15.6 Å². The number of nitrogens with one attached hydrogen (secondary N) is 3.